The van der Waals surface area contributed by atoms with Gasteiger partial charge in [0.05, 0.1) is 11.7 Å². The summed E-state index contributed by atoms with van der Waals surface area (Å²) in [4.78, 5) is 33.0. The Morgan fingerprint density at radius 3 is 2.61 bits per heavy atom. The average Bonchev–Trinajstić information content (AvgIpc) is 2.80. The van der Waals surface area contributed by atoms with Gasteiger partial charge in [0.25, 0.3) is 5.91 Å². The standard InChI is InChI=1S/C25H34N4O4/c1-17-13-29(14-20-8-10-26-11-9-20)18(2)16-33-23-7-6-21(27-19(3)30)12-22(23)25(31)28(4)15-24(17)32-5/h6-12,17-18,24H,13-16H2,1-5H3,(H,27,30)/t17-,18+,24+/m0/s1. The van der Waals surface area contributed by atoms with E-state index < -0.39 is 0 Å². The van der Waals surface area contributed by atoms with Crippen molar-refractivity contribution in [1.82, 2.24) is 14.8 Å². The van der Waals surface area contributed by atoms with E-state index >= 15 is 0 Å². The van der Waals surface area contributed by atoms with E-state index in [0.29, 0.717) is 30.2 Å². The molecule has 1 aromatic carbocycles. The van der Waals surface area contributed by atoms with E-state index in [4.69, 9.17) is 9.47 Å². The molecule has 2 aromatic rings. The number of hydrogen-bond acceptors (Lipinski definition) is 6. The van der Waals surface area contributed by atoms with Crippen molar-refractivity contribution in [3.63, 3.8) is 0 Å². The van der Waals surface area contributed by atoms with E-state index in [9.17, 15) is 9.59 Å². The molecule has 0 spiro atoms. The van der Waals surface area contributed by atoms with Crippen molar-refractivity contribution in [3.05, 3.63) is 53.9 Å². The number of fused-ring (bicyclic) bond motifs is 1. The highest BCUT2D eigenvalue weighted by Gasteiger charge is 2.28. The molecule has 3 rings (SSSR count). The summed E-state index contributed by atoms with van der Waals surface area (Å²) in [7, 11) is 3.45. The molecule has 1 aliphatic heterocycles. The van der Waals surface area contributed by atoms with Crippen molar-refractivity contribution in [3.8, 4) is 5.75 Å². The fourth-order valence-electron chi connectivity index (χ4n) is 4.08. The van der Waals surface area contributed by atoms with Gasteiger partial charge in [0.1, 0.15) is 12.4 Å². The van der Waals surface area contributed by atoms with Gasteiger partial charge in [0.2, 0.25) is 5.91 Å². The number of ether oxygens (including phenoxy) is 2. The lowest BCUT2D eigenvalue weighted by Crippen LogP contribution is -2.46. The Bertz CT molecular complexity index is 953. The van der Waals surface area contributed by atoms with Gasteiger partial charge in [-0.3, -0.25) is 19.5 Å². The van der Waals surface area contributed by atoms with Crippen molar-refractivity contribution >= 4 is 17.5 Å². The smallest absolute Gasteiger partial charge is 0.257 e. The molecule has 0 unspecified atom stereocenters. The normalized spacial score (nSPS) is 22.5. The predicted octanol–water partition coefficient (Wildman–Crippen LogP) is 3.05. The second-order valence-electron chi connectivity index (χ2n) is 8.77. The van der Waals surface area contributed by atoms with Gasteiger partial charge in [-0.1, -0.05) is 6.92 Å². The molecule has 0 bridgehead atoms. The van der Waals surface area contributed by atoms with Crippen LogP contribution in [0.15, 0.2) is 42.7 Å². The molecule has 0 saturated heterocycles. The minimum absolute atomic E-state index is 0.0910. The van der Waals surface area contributed by atoms with Crippen molar-refractivity contribution in [2.45, 2.75) is 39.5 Å². The van der Waals surface area contributed by atoms with Gasteiger partial charge in [-0.15, -0.1) is 0 Å². The first-order valence-electron chi connectivity index (χ1n) is 11.2. The summed E-state index contributed by atoms with van der Waals surface area (Å²) in [6.07, 6.45) is 3.48. The molecule has 0 radical (unpaired) electrons. The molecule has 178 valence electrons. The van der Waals surface area contributed by atoms with Gasteiger partial charge < -0.3 is 19.7 Å². The Morgan fingerprint density at radius 1 is 1.21 bits per heavy atom. The Kier molecular flexibility index (Phi) is 8.41. The monoisotopic (exact) mass is 454 g/mol. The molecule has 0 aliphatic carbocycles. The molecule has 1 aliphatic rings. The lowest BCUT2D eigenvalue weighted by atomic mass is 10.0. The van der Waals surface area contributed by atoms with E-state index in [1.165, 1.54) is 12.5 Å². The highest BCUT2D eigenvalue weighted by Crippen LogP contribution is 2.26. The molecule has 0 fully saturated rings. The van der Waals surface area contributed by atoms with Crippen LogP contribution in [0.3, 0.4) is 0 Å². The van der Waals surface area contributed by atoms with Crippen LogP contribution >= 0.6 is 0 Å². The van der Waals surface area contributed by atoms with Crippen molar-refractivity contribution in [2.75, 3.05) is 39.2 Å². The molecule has 1 N–H and O–H groups in total. The van der Waals surface area contributed by atoms with Crippen LogP contribution in [0.1, 0.15) is 36.7 Å². The second-order valence-corrected chi connectivity index (χ2v) is 8.77. The number of anilines is 1. The maximum absolute atomic E-state index is 13.3. The van der Waals surface area contributed by atoms with Crippen LogP contribution in [-0.4, -0.2) is 72.6 Å². The number of carbonyl (C=O) groups is 2. The fraction of sp³-hybridized carbons (Fsp3) is 0.480. The number of benzene rings is 1. The first kappa shape index (κ1) is 24.7. The first-order valence-corrected chi connectivity index (χ1v) is 11.2. The molecule has 1 aromatic heterocycles. The lowest BCUT2D eigenvalue weighted by Gasteiger charge is -2.36. The summed E-state index contributed by atoms with van der Waals surface area (Å²) >= 11 is 0. The van der Waals surface area contributed by atoms with E-state index in [0.717, 1.165) is 13.1 Å². The minimum Gasteiger partial charge on any atom is -0.491 e. The Morgan fingerprint density at radius 2 is 1.94 bits per heavy atom. The number of carbonyl (C=O) groups excluding carboxylic acids is 2. The number of likely N-dealkylation sites (N-methyl/N-ethyl adjacent to an activating group) is 1. The summed E-state index contributed by atoms with van der Waals surface area (Å²) in [6.45, 7) is 8.12. The van der Waals surface area contributed by atoms with Crippen LogP contribution in [0.25, 0.3) is 0 Å². The maximum Gasteiger partial charge on any atom is 0.257 e. The van der Waals surface area contributed by atoms with Gasteiger partial charge in [0.15, 0.2) is 0 Å². The summed E-state index contributed by atoms with van der Waals surface area (Å²) in [5.74, 6) is 0.310. The van der Waals surface area contributed by atoms with Crippen LogP contribution in [0, 0.1) is 5.92 Å². The molecule has 2 heterocycles. The summed E-state index contributed by atoms with van der Waals surface area (Å²) in [5.41, 5.74) is 2.15. The zero-order chi connectivity index (χ0) is 24.0. The van der Waals surface area contributed by atoms with Gasteiger partial charge >= 0.3 is 0 Å². The molecular formula is C25H34N4O4. The third-order valence-corrected chi connectivity index (χ3v) is 6.03. The molecule has 8 heteroatoms. The topological polar surface area (TPSA) is 84.0 Å². The quantitative estimate of drug-likeness (QED) is 0.765. The predicted molar refractivity (Wildman–Crippen MR) is 127 cm³/mol. The maximum atomic E-state index is 13.3. The van der Waals surface area contributed by atoms with Crippen LogP contribution < -0.4 is 10.1 Å². The van der Waals surface area contributed by atoms with E-state index in [-0.39, 0.29) is 29.9 Å². The first-order chi connectivity index (χ1) is 15.8. The van der Waals surface area contributed by atoms with Gasteiger partial charge in [-0.2, -0.15) is 0 Å². The molecule has 8 nitrogen and oxygen atoms in total. The highest BCUT2D eigenvalue weighted by molar-refractivity contribution is 5.99. The zero-order valence-electron chi connectivity index (χ0n) is 20.1. The number of hydrogen-bond donors (Lipinski definition) is 1. The lowest BCUT2D eigenvalue weighted by molar-refractivity contribution is -0.114. The molecule has 2 amide bonds. The number of nitrogens with zero attached hydrogens (tertiary/aromatic N) is 3. The molecular weight excluding hydrogens is 420 g/mol. The summed E-state index contributed by atoms with van der Waals surface area (Å²) in [5, 5.41) is 2.74. The number of pyridine rings is 1. The molecule has 33 heavy (non-hydrogen) atoms. The van der Waals surface area contributed by atoms with Crippen LogP contribution in [0.4, 0.5) is 5.69 Å². The van der Waals surface area contributed by atoms with Gasteiger partial charge in [-0.25, -0.2) is 0 Å². The van der Waals surface area contributed by atoms with E-state index in [1.54, 1.807) is 49.7 Å². The van der Waals surface area contributed by atoms with Crippen molar-refractivity contribution < 1.29 is 19.1 Å². The van der Waals surface area contributed by atoms with Crippen LogP contribution in [0.5, 0.6) is 5.75 Å². The van der Waals surface area contributed by atoms with Crippen molar-refractivity contribution in [1.29, 1.82) is 0 Å². The van der Waals surface area contributed by atoms with Gasteiger partial charge in [0, 0.05) is 64.8 Å². The van der Waals surface area contributed by atoms with Crippen LogP contribution in [0.2, 0.25) is 0 Å². The third-order valence-electron chi connectivity index (χ3n) is 6.03. The number of methoxy groups -OCH3 is 1. The number of rotatable bonds is 4. The average molecular weight is 455 g/mol. The Labute approximate surface area is 195 Å². The van der Waals surface area contributed by atoms with Gasteiger partial charge in [-0.05, 0) is 48.7 Å². The largest absolute Gasteiger partial charge is 0.491 e. The highest BCUT2D eigenvalue weighted by atomic mass is 16.5. The van der Waals surface area contributed by atoms with E-state index in [2.05, 4.69) is 29.0 Å². The van der Waals surface area contributed by atoms with Crippen LogP contribution in [-0.2, 0) is 16.1 Å². The fourth-order valence-corrected chi connectivity index (χ4v) is 4.08. The second kappa shape index (κ2) is 11.2. The van der Waals surface area contributed by atoms with E-state index in [1.807, 2.05) is 12.1 Å². The zero-order valence-corrected chi connectivity index (χ0v) is 20.1. The number of aromatic nitrogens is 1. The minimum atomic E-state index is -0.196. The third kappa shape index (κ3) is 6.52. The summed E-state index contributed by atoms with van der Waals surface area (Å²) in [6, 6.07) is 9.30. The number of nitrogens with one attached hydrogen (secondary N) is 1. The number of amides is 2. The molecule has 3 atom stereocenters. The Hall–Kier alpha value is -2.97. The Balaban J connectivity index is 1.94. The molecule has 0 saturated carbocycles. The SMILES string of the molecule is CO[C@@H]1CN(C)C(=O)c2cc(NC(C)=O)ccc2OC[C@@H](C)N(Cc2ccncc2)C[C@@H]1C. The summed E-state index contributed by atoms with van der Waals surface area (Å²) < 4.78 is 12.0. The van der Waals surface area contributed by atoms with Crippen molar-refractivity contribution in [2.24, 2.45) is 5.92 Å².